The summed E-state index contributed by atoms with van der Waals surface area (Å²) in [6.45, 7) is 1.53. The molecule has 2 rings (SSSR count). The summed E-state index contributed by atoms with van der Waals surface area (Å²) < 4.78 is 0. The number of nitrogens with zero attached hydrogens (tertiary/aromatic N) is 1. The molecule has 17 heavy (non-hydrogen) atoms. The van der Waals surface area contributed by atoms with Gasteiger partial charge in [0.2, 0.25) is 0 Å². The van der Waals surface area contributed by atoms with Crippen LogP contribution in [0.2, 0.25) is 5.02 Å². The van der Waals surface area contributed by atoms with E-state index in [9.17, 15) is 5.11 Å². The van der Waals surface area contributed by atoms with Crippen LogP contribution >= 0.6 is 11.6 Å². The van der Waals surface area contributed by atoms with Gasteiger partial charge in [0.25, 0.3) is 0 Å². The molecule has 0 unspecified atom stereocenters. The van der Waals surface area contributed by atoms with Crippen molar-refractivity contribution >= 4 is 23.1 Å². The number of anilines is 1. The van der Waals surface area contributed by atoms with Crippen molar-refractivity contribution in [3.05, 3.63) is 28.8 Å². The second-order valence-corrected chi connectivity index (χ2v) is 4.73. The van der Waals surface area contributed by atoms with Gasteiger partial charge in [0.05, 0.1) is 6.10 Å². The number of rotatable bonds is 2. The number of nitrogens with one attached hydrogen (secondary N) is 1. The van der Waals surface area contributed by atoms with Crippen LogP contribution in [0.15, 0.2) is 18.2 Å². The molecule has 0 aliphatic carbocycles. The number of piperidine rings is 1. The molecule has 0 spiro atoms. The molecular weight excluding hydrogens is 238 g/mol. The molecule has 1 aliphatic rings. The summed E-state index contributed by atoms with van der Waals surface area (Å²) in [6.07, 6.45) is 1.26. The lowest BCUT2D eigenvalue weighted by Gasteiger charge is -2.32. The van der Waals surface area contributed by atoms with Crippen molar-refractivity contribution in [2.24, 2.45) is 5.73 Å². The van der Waals surface area contributed by atoms with E-state index in [0.717, 1.165) is 31.6 Å². The third-order valence-corrected chi connectivity index (χ3v) is 3.29. The maximum atomic E-state index is 9.49. The molecule has 1 saturated heterocycles. The number of hydrogen-bond donors (Lipinski definition) is 3. The first-order valence-electron chi connectivity index (χ1n) is 5.65. The number of aliphatic hydroxyl groups excluding tert-OH is 1. The van der Waals surface area contributed by atoms with Gasteiger partial charge < -0.3 is 15.7 Å². The Morgan fingerprint density at radius 1 is 1.41 bits per heavy atom. The zero-order valence-electron chi connectivity index (χ0n) is 9.49. The number of halogens is 1. The first kappa shape index (κ1) is 12.2. The maximum Gasteiger partial charge on any atom is 0.124 e. The van der Waals surface area contributed by atoms with Gasteiger partial charge in [-0.25, -0.2) is 0 Å². The maximum absolute atomic E-state index is 9.49. The Hall–Kier alpha value is -1.26. The fourth-order valence-corrected chi connectivity index (χ4v) is 2.27. The molecule has 1 aromatic carbocycles. The summed E-state index contributed by atoms with van der Waals surface area (Å²) in [5, 5.41) is 17.7. The minimum absolute atomic E-state index is 0.0442. The smallest absolute Gasteiger partial charge is 0.124 e. The van der Waals surface area contributed by atoms with E-state index in [1.807, 2.05) is 6.07 Å². The number of nitrogens with two attached hydrogens (primary N) is 1. The lowest BCUT2D eigenvalue weighted by molar-refractivity contribution is 0.145. The second-order valence-electron chi connectivity index (χ2n) is 4.29. The predicted octanol–water partition coefficient (Wildman–Crippen LogP) is 1.59. The Labute approximate surface area is 105 Å². The molecule has 0 atom stereocenters. The second kappa shape index (κ2) is 4.94. The van der Waals surface area contributed by atoms with Crippen molar-refractivity contribution in [2.45, 2.75) is 18.9 Å². The summed E-state index contributed by atoms with van der Waals surface area (Å²) in [7, 11) is 0. The van der Waals surface area contributed by atoms with Crippen LogP contribution in [0.5, 0.6) is 0 Å². The van der Waals surface area contributed by atoms with Crippen LogP contribution in [-0.4, -0.2) is 30.1 Å². The Kier molecular flexibility index (Phi) is 3.54. The van der Waals surface area contributed by atoms with E-state index < -0.39 is 0 Å². The number of hydrogen-bond acceptors (Lipinski definition) is 3. The SMILES string of the molecule is N=C(N)c1ccc(Cl)cc1N1CCC(O)CC1. The van der Waals surface area contributed by atoms with Gasteiger partial charge in [-0.2, -0.15) is 0 Å². The van der Waals surface area contributed by atoms with E-state index in [1.165, 1.54) is 0 Å². The van der Waals surface area contributed by atoms with Crippen LogP contribution in [0, 0.1) is 5.41 Å². The first-order valence-corrected chi connectivity index (χ1v) is 6.02. The monoisotopic (exact) mass is 253 g/mol. The highest BCUT2D eigenvalue weighted by Gasteiger charge is 2.20. The third-order valence-electron chi connectivity index (χ3n) is 3.06. The number of aliphatic hydroxyl groups is 1. The molecule has 0 aromatic heterocycles. The van der Waals surface area contributed by atoms with Gasteiger partial charge in [-0.05, 0) is 31.0 Å². The number of benzene rings is 1. The Balaban J connectivity index is 2.30. The zero-order valence-corrected chi connectivity index (χ0v) is 10.2. The van der Waals surface area contributed by atoms with Crippen molar-refractivity contribution in [1.82, 2.24) is 0 Å². The van der Waals surface area contributed by atoms with E-state index in [-0.39, 0.29) is 11.9 Å². The highest BCUT2D eigenvalue weighted by molar-refractivity contribution is 6.31. The van der Waals surface area contributed by atoms with Crippen molar-refractivity contribution in [1.29, 1.82) is 5.41 Å². The van der Waals surface area contributed by atoms with Gasteiger partial charge in [-0.1, -0.05) is 11.6 Å². The minimum atomic E-state index is -0.216. The Morgan fingerprint density at radius 3 is 2.65 bits per heavy atom. The van der Waals surface area contributed by atoms with Crippen molar-refractivity contribution < 1.29 is 5.11 Å². The highest BCUT2D eigenvalue weighted by Crippen LogP contribution is 2.27. The van der Waals surface area contributed by atoms with E-state index in [2.05, 4.69) is 4.90 Å². The van der Waals surface area contributed by atoms with E-state index in [1.54, 1.807) is 12.1 Å². The quantitative estimate of drug-likeness (QED) is 0.554. The topological polar surface area (TPSA) is 73.3 Å². The first-order chi connectivity index (χ1) is 8.08. The van der Waals surface area contributed by atoms with Crippen molar-refractivity contribution in [3.8, 4) is 0 Å². The normalized spacial score (nSPS) is 17.2. The van der Waals surface area contributed by atoms with E-state index >= 15 is 0 Å². The van der Waals surface area contributed by atoms with Crippen LogP contribution in [0.1, 0.15) is 18.4 Å². The molecule has 1 heterocycles. The van der Waals surface area contributed by atoms with Crippen LogP contribution in [0.3, 0.4) is 0 Å². The van der Waals surface area contributed by atoms with Gasteiger partial charge in [0, 0.05) is 29.4 Å². The van der Waals surface area contributed by atoms with Gasteiger partial charge in [-0.3, -0.25) is 5.41 Å². The molecule has 4 N–H and O–H groups in total. The minimum Gasteiger partial charge on any atom is -0.393 e. The third kappa shape index (κ3) is 2.70. The zero-order chi connectivity index (χ0) is 12.4. The average Bonchev–Trinajstić information content (AvgIpc) is 2.29. The molecule has 0 radical (unpaired) electrons. The average molecular weight is 254 g/mol. The molecule has 0 amide bonds. The summed E-state index contributed by atoms with van der Waals surface area (Å²) in [6, 6.07) is 5.33. The van der Waals surface area contributed by atoms with Crippen molar-refractivity contribution in [3.63, 3.8) is 0 Å². The lowest BCUT2D eigenvalue weighted by atomic mass is 10.0. The number of nitrogen functional groups attached to an aromatic ring is 1. The molecule has 92 valence electrons. The van der Waals surface area contributed by atoms with Crippen LogP contribution < -0.4 is 10.6 Å². The molecule has 0 bridgehead atoms. The lowest BCUT2D eigenvalue weighted by Crippen LogP contribution is -2.37. The van der Waals surface area contributed by atoms with Gasteiger partial charge in [0.1, 0.15) is 5.84 Å². The molecular formula is C12H16ClN3O. The predicted molar refractivity (Wildman–Crippen MR) is 69.9 cm³/mol. The van der Waals surface area contributed by atoms with Crippen LogP contribution in [0.25, 0.3) is 0 Å². The largest absolute Gasteiger partial charge is 0.393 e. The van der Waals surface area contributed by atoms with Gasteiger partial charge in [-0.15, -0.1) is 0 Å². The van der Waals surface area contributed by atoms with Gasteiger partial charge >= 0.3 is 0 Å². The standard InChI is InChI=1S/C12H16ClN3O/c13-8-1-2-10(12(14)15)11(7-8)16-5-3-9(17)4-6-16/h1-2,7,9,17H,3-6H2,(H3,14,15). The Morgan fingerprint density at radius 2 is 2.06 bits per heavy atom. The van der Waals surface area contributed by atoms with E-state index in [0.29, 0.717) is 10.6 Å². The number of amidine groups is 1. The van der Waals surface area contributed by atoms with E-state index in [4.69, 9.17) is 22.7 Å². The van der Waals surface area contributed by atoms with Crippen LogP contribution in [0.4, 0.5) is 5.69 Å². The molecule has 5 heteroatoms. The molecule has 1 fully saturated rings. The van der Waals surface area contributed by atoms with Crippen LogP contribution in [-0.2, 0) is 0 Å². The fourth-order valence-electron chi connectivity index (χ4n) is 2.10. The molecule has 4 nitrogen and oxygen atoms in total. The highest BCUT2D eigenvalue weighted by atomic mass is 35.5. The summed E-state index contributed by atoms with van der Waals surface area (Å²) in [5.74, 6) is 0.0442. The molecule has 1 aromatic rings. The fraction of sp³-hybridized carbons (Fsp3) is 0.417. The van der Waals surface area contributed by atoms with Gasteiger partial charge in [0.15, 0.2) is 0 Å². The summed E-state index contributed by atoms with van der Waals surface area (Å²) in [4.78, 5) is 2.12. The molecule has 1 aliphatic heterocycles. The molecule has 0 saturated carbocycles. The summed E-state index contributed by atoms with van der Waals surface area (Å²) in [5.41, 5.74) is 7.15. The summed E-state index contributed by atoms with van der Waals surface area (Å²) >= 11 is 5.98. The Bertz CT molecular complexity index is 428. The van der Waals surface area contributed by atoms with Crippen molar-refractivity contribution in [2.75, 3.05) is 18.0 Å².